The highest BCUT2D eigenvalue weighted by atomic mass is 15.1. The third-order valence-electron chi connectivity index (χ3n) is 9.18. The van der Waals surface area contributed by atoms with E-state index in [1.165, 1.54) is 60.1 Å². The van der Waals surface area contributed by atoms with E-state index in [2.05, 4.69) is 169 Å². The van der Waals surface area contributed by atoms with Crippen molar-refractivity contribution in [2.24, 2.45) is 0 Å². The van der Waals surface area contributed by atoms with Crippen molar-refractivity contribution in [3.8, 4) is 39.3 Å². The first-order chi connectivity index (χ1) is 22.7. The monoisotopic (exact) mass is 586 g/mol. The van der Waals surface area contributed by atoms with Crippen LogP contribution in [0.3, 0.4) is 0 Å². The second-order valence-corrected chi connectivity index (χ2v) is 12.2. The summed E-state index contributed by atoms with van der Waals surface area (Å²) in [7, 11) is 0. The molecule has 0 atom stereocenters. The smallest absolute Gasteiger partial charge is 0.145 e. The number of fused-ring (bicyclic) bond motifs is 4. The highest BCUT2D eigenvalue weighted by molar-refractivity contribution is 5.96. The molecule has 8 aromatic carbocycles. The van der Waals surface area contributed by atoms with Gasteiger partial charge in [-0.25, -0.2) is 4.98 Å². The molecule has 2 heteroatoms. The van der Waals surface area contributed by atoms with Crippen molar-refractivity contribution in [2.45, 2.75) is 6.92 Å². The Bertz CT molecular complexity index is 2590. The number of hydrogen-bond acceptors (Lipinski definition) is 1. The molecule has 0 spiro atoms. The summed E-state index contributed by atoms with van der Waals surface area (Å²) in [6.07, 6.45) is 0. The first-order valence-electron chi connectivity index (χ1n) is 15.8. The van der Waals surface area contributed by atoms with Gasteiger partial charge in [-0.15, -0.1) is 0 Å². The van der Waals surface area contributed by atoms with Gasteiger partial charge in [-0.05, 0) is 116 Å². The Balaban J connectivity index is 1.06. The summed E-state index contributed by atoms with van der Waals surface area (Å²) in [6, 6.07) is 59.3. The van der Waals surface area contributed by atoms with Crippen LogP contribution in [0.2, 0.25) is 0 Å². The van der Waals surface area contributed by atoms with Gasteiger partial charge in [-0.1, -0.05) is 115 Å². The van der Waals surface area contributed by atoms with Crippen molar-refractivity contribution in [1.82, 2.24) is 9.55 Å². The second-order valence-electron chi connectivity index (χ2n) is 12.2. The molecule has 0 aliphatic carbocycles. The van der Waals surface area contributed by atoms with Gasteiger partial charge in [0.25, 0.3) is 0 Å². The summed E-state index contributed by atoms with van der Waals surface area (Å²) < 4.78 is 2.26. The molecule has 2 nitrogen and oxygen atoms in total. The van der Waals surface area contributed by atoms with Gasteiger partial charge in [0.1, 0.15) is 5.82 Å². The van der Waals surface area contributed by atoms with Crippen molar-refractivity contribution in [3.63, 3.8) is 0 Å². The van der Waals surface area contributed by atoms with Crippen LogP contribution in [-0.4, -0.2) is 9.55 Å². The molecule has 0 unspecified atom stereocenters. The lowest BCUT2D eigenvalue weighted by atomic mass is 9.95. The fourth-order valence-electron chi connectivity index (χ4n) is 6.77. The van der Waals surface area contributed by atoms with Crippen molar-refractivity contribution in [1.29, 1.82) is 0 Å². The second kappa shape index (κ2) is 10.6. The molecule has 9 rings (SSSR count). The standard InChI is InChI=1S/C44H30N2/c1-29-11-12-31-24-32(14-13-30(31)23-29)33-15-16-35-26-36(18-17-34(35)25-33)37-19-20-39-28-40(22-21-38(39)27-37)44-45-42-9-5-6-10-43(42)46(44)41-7-3-2-4-8-41/h2-28H,1H3. The molecule has 0 aliphatic rings. The Kier molecular flexibility index (Phi) is 6.07. The molecule has 0 bridgehead atoms. The molecule has 0 saturated heterocycles. The van der Waals surface area contributed by atoms with Gasteiger partial charge in [-0.2, -0.15) is 0 Å². The molecule has 216 valence electrons. The van der Waals surface area contributed by atoms with E-state index >= 15 is 0 Å². The summed E-state index contributed by atoms with van der Waals surface area (Å²) in [5.41, 5.74) is 10.5. The number of hydrogen-bond donors (Lipinski definition) is 0. The minimum atomic E-state index is 0.950. The van der Waals surface area contributed by atoms with Crippen LogP contribution in [0.4, 0.5) is 0 Å². The highest BCUT2D eigenvalue weighted by Crippen LogP contribution is 2.34. The lowest BCUT2D eigenvalue weighted by Crippen LogP contribution is -1.97. The molecule has 0 saturated carbocycles. The predicted molar refractivity (Wildman–Crippen MR) is 195 cm³/mol. The number of aromatic nitrogens is 2. The third-order valence-corrected chi connectivity index (χ3v) is 9.18. The average Bonchev–Trinajstić information content (AvgIpc) is 3.50. The highest BCUT2D eigenvalue weighted by Gasteiger charge is 2.15. The summed E-state index contributed by atoms with van der Waals surface area (Å²) in [6.45, 7) is 2.14. The molecule has 0 fully saturated rings. The maximum atomic E-state index is 5.07. The number of para-hydroxylation sites is 3. The lowest BCUT2D eigenvalue weighted by molar-refractivity contribution is 1.10. The first kappa shape index (κ1) is 26.4. The van der Waals surface area contributed by atoms with E-state index < -0.39 is 0 Å². The zero-order chi connectivity index (χ0) is 30.6. The number of rotatable bonds is 4. The Morgan fingerprint density at radius 3 is 1.39 bits per heavy atom. The minimum Gasteiger partial charge on any atom is -0.292 e. The molecular weight excluding hydrogens is 556 g/mol. The van der Waals surface area contributed by atoms with Gasteiger partial charge in [0, 0.05) is 11.3 Å². The third kappa shape index (κ3) is 4.55. The maximum Gasteiger partial charge on any atom is 0.145 e. The zero-order valence-electron chi connectivity index (χ0n) is 25.5. The van der Waals surface area contributed by atoms with Crippen molar-refractivity contribution < 1.29 is 0 Å². The predicted octanol–water partition coefficient (Wildman–Crippen LogP) is 11.8. The summed E-state index contributed by atoms with van der Waals surface area (Å²) in [4.78, 5) is 5.07. The molecule has 46 heavy (non-hydrogen) atoms. The zero-order valence-corrected chi connectivity index (χ0v) is 25.5. The molecule has 0 amide bonds. The van der Waals surface area contributed by atoms with Crippen molar-refractivity contribution in [3.05, 3.63) is 169 Å². The quantitative estimate of drug-likeness (QED) is 0.201. The fraction of sp³-hybridized carbons (Fsp3) is 0.0227. The van der Waals surface area contributed by atoms with E-state index in [4.69, 9.17) is 4.98 Å². The van der Waals surface area contributed by atoms with Gasteiger partial charge in [-0.3, -0.25) is 4.57 Å². The van der Waals surface area contributed by atoms with Gasteiger partial charge >= 0.3 is 0 Å². The molecule has 0 aliphatic heterocycles. The first-order valence-corrected chi connectivity index (χ1v) is 15.8. The van der Waals surface area contributed by atoms with Gasteiger partial charge in [0.05, 0.1) is 11.0 Å². The number of benzene rings is 8. The molecule has 9 aromatic rings. The Morgan fingerprint density at radius 2 is 0.826 bits per heavy atom. The maximum absolute atomic E-state index is 5.07. The molecule has 1 heterocycles. The van der Waals surface area contributed by atoms with E-state index in [1.807, 2.05) is 6.07 Å². The average molecular weight is 587 g/mol. The summed E-state index contributed by atoms with van der Waals surface area (Å²) in [5.74, 6) is 0.950. The van der Waals surface area contributed by atoms with E-state index in [1.54, 1.807) is 0 Å². The van der Waals surface area contributed by atoms with Gasteiger partial charge in [0.2, 0.25) is 0 Å². The summed E-state index contributed by atoms with van der Waals surface area (Å²) in [5, 5.41) is 7.46. The largest absolute Gasteiger partial charge is 0.292 e. The normalized spacial score (nSPS) is 11.6. The van der Waals surface area contributed by atoms with E-state index in [0.29, 0.717) is 0 Å². The van der Waals surface area contributed by atoms with E-state index in [9.17, 15) is 0 Å². The van der Waals surface area contributed by atoms with Crippen LogP contribution < -0.4 is 0 Å². The van der Waals surface area contributed by atoms with Crippen LogP contribution in [0.1, 0.15) is 5.56 Å². The van der Waals surface area contributed by atoms with Gasteiger partial charge in [0.15, 0.2) is 0 Å². The van der Waals surface area contributed by atoms with Crippen LogP contribution in [0.5, 0.6) is 0 Å². The molecular formula is C44H30N2. The summed E-state index contributed by atoms with van der Waals surface area (Å²) >= 11 is 0. The lowest BCUT2D eigenvalue weighted by Gasteiger charge is -2.11. The van der Waals surface area contributed by atoms with Crippen molar-refractivity contribution >= 4 is 43.4 Å². The van der Waals surface area contributed by atoms with E-state index in [-0.39, 0.29) is 0 Å². The topological polar surface area (TPSA) is 17.8 Å². The van der Waals surface area contributed by atoms with Crippen LogP contribution in [0.15, 0.2) is 164 Å². The van der Waals surface area contributed by atoms with Crippen LogP contribution >= 0.6 is 0 Å². The van der Waals surface area contributed by atoms with E-state index in [0.717, 1.165) is 28.1 Å². The van der Waals surface area contributed by atoms with Crippen LogP contribution in [0, 0.1) is 6.92 Å². The molecule has 0 radical (unpaired) electrons. The Hall–Kier alpha value is -5.99. The fourth-order valence-corrected chi connectivity index (χ4v) is 6.77. The van der Waals surface area contributed by atoms with Crippen molar-refractivity contribution in [2.75, 3.05) is 0 Å². The van der Waals surface area contributed by atoms with Crippen LogP contribution in [-0.2, 0) is 0 Å². The Labute approximate surface area is 267 Å². The van der Waals surface area contributed by atoms with Gasteiger partial charge < -0.3 is 0 Å². The molecule has 0 N–H and O–H groups in total. The van der Waals surface area contributed by atoms with Crippen LogP contribution in [0.25, 0.3) is 82.7 Å². The SMILES string of the molecule is Cc1ccc2cc(-c3ccc4cc(-c5ccc6cc(-c7nc8ccccc8n7-c7ccccc7)ccc6c5)ccc4c3)ccc2c1. The number of aryl methyl sites for hydroxylation is 1. The Morgan fingerprint density at radius 1 is 0.391 bits per heavy atom. The minimum absolute atomic E-state index is 0.950. The number of imidazole rings is 1. The number of nitrogens with zero attached hydrogens (tertiary/aromatic N) is 2. The molecule has 1 aromatic heterocycles.